The Balaban J connectivity index is 1.56. The summed E-state index contributed by atoms with van der Waals surface area (Å²) in [5.74, 6) is -0.178. The molecule has 3 rings (SSSR count). The SMILES string of the molecule is O=Cc1cc(OCc2ccc(OC(F)(F)F)cc2)ccc1OCc1ccc(OC(F)(F)F)cc1. The molecule has 5 nitrogen and oxygen atoms in total. The van der Waals surface area contributed by atoms with Gasteiger partial charge in [0.05, 0.1) is 5.56 Å². The zero-order valence-corrected chi connectivity index (χ0v) is 17.2. The molecule has 0 aliphatic carbocycles. The number of carbonyl (C=O) groups excluding carboxylic acids is 1. The molecule has 0 aliphatic heterocycles. The van der Waals surface area contributed by atoms with Crippen molar-refractivity contribution in [2.75, 3.05) is 0 Å². The largest absolute Gasteiger partial charge is 0.573 e. The molecule has 0 radical (unpaired) electrons. The van der Waals surface area contributed by atoms with E-state index in [4.69, 9.17) is 9.47 Å². The number of carbonyl (C=O) groups is 1. The number of rotatable bonds is 9. The number of alkyl halides is 6. The second kappa shape index (κ2) is 10.4. The van der Waals surface area contributed by atoms with Crippen LogP contribution in [0.3, 0.4) is 0 Å². The third-order valence-corrected chi connectivity index (χ3v) is 4.22. The summed E-state index contributed by atoms with van der Waals surface area (Å²) in [6, 6.07) is 14.6. The highest BCUT2D eigenvalue weighted by molar-refractivity contribution is 5.80. The second-order valence-electron chi connectivity index (χ2n) is 6.78. The van der Waals surface area contributed by atoms with Gasteiger partial charge in [-0.2, -0.15) is 0 Å². The van der Waals surface area contributed by atoms with E-state index in [2.05, 4.69) is 9.47 Å². The Hall–Kier alpha value is -3.89. The van der Waals surface area contributed by atoms with Gasteiger partial charge in [-0.3, -0.25) is 4.79 Å². The van der Waals surface area contributed by atoms with Crippen molar-refractivity contribution in [3.8, 4) is 23.0 Å². The molecule has 0 amide bonds. The Kier molecular flexibility index (Phi) is 7.54. The molecule has 180 valence electrons. The minimum absolute atomic E-state index is 0.0142. The smallest absolute Gasteiger partial charge is 0.489 e. The summed E-state index contributed by atoms with van der Waals surface area (Å²) in [6.45, 7) is 0.0107. The van der Waals surface area contributed by atoms with Gasteiger partial charge in [-0.25, -0.2) is 0 Å². The number of aldehydes is 1. The van der Waals surface area contributed by atoms with Gasteiger partial charge in [-0.15, -0.1) is 26.3 Å². The Morgan fingerprint density at radius 1 is 0.618 bits per heavy atom. The molecule has 3 aromatic rings. The van der Waals surface area contributed by atoms with E-state index in [0.717, 1.165) is 24.3 Å². The van der Waals surface area contributed by atoms with Crippen LogP contribution >= 0.6 is 0 Å². The molecule has 0 spiro atoms. The predicted octanol–water partition coefficient (Wildman–Crippen LogP) is 6.45. The predicted molar refractivity (Wildman–Crippen MR) is 107 cm³/mol. The van der Waals surface area contributed by atoms with Crippen molar-refractivity contribution in [1.29, 1.82) is 0 Å². The van der Waals surface area contributed by atoms with Crippen molar-refractivity contribution in [2.24, 2.45) is 0 Å². The summed E-state index contributed by atoms with van der Waals surface area (Å²) >= 11 is 0. The number of halogens is 6. The van der Waals surface area contributed by atoms with Crippen LogP contribution in [-0.2, 0) is 13.2 Å². The van der Waals surface area contributed by atoms with Gasteiger partial charge in [0.25, 0.3) is 0 Å². The summed E-state index contributed by atoms with van der Waals surface area (Å²) in [7, 11) is 0. The van der Waals surface area contributed by atoms with Gasteiger partial charge < -0.3 is 18.9 Å². The lowest BCUT2D eigenvalue weighted by atomic mass is 10.2. The molecule has 0 saturated carbocycles. The molecule has 0 bridgehead atoms. The number of benzene rings is 3. The quantitative estimate of drug-likeness (QED) is 0.257. The third-order valence-electron chi connectivity index (χ3n) is 4.22. The number of hydrogen-bond donors (Lipinski definition) is 0. The average molecular weight is 486 g/mol. The fourth-order valence-corrected chi connectivity index (χ4v) is 2.74. The average Bonchev–Trinajstić information content (AvgIpc) is 2.76. The van der Waals surface area contributed by atoms with E-state index in [1.807, 2.05) is 0 Å². The maximum atomic E-state index is 12.2. The maximum Gasteiger partial charge on any atom is 0.573 e. The van der Waals surface area contributed by atoms with E-state index < -0.39 is 12.7 Å². The molecule has 0 unspecified atom stereocenters. The molecule has 0 aromatic heterocycles. The summed E-state index contributed by atoms with van der Waals surface area (Å²) in [6.07, 6.45) is -9.02. The van der Waals surface area contributed by atoms with E-state index in [-0.39, 0.29) is 36.0 Å². The van der Waals surface area contributed by atoms with Gasteiger partial charge in [0.1, 0.15) is 36.2 Å². The minimum Gasteiger partial charge on any atom is -0.489 e. The lowest BCUT2D eigenvalue weighted by molar-refractivity contribution is -0.275. The van der Waals surface area contributed by atoms with Crippen molar-refractivity contribution >= 4 is 6.29 Å². The lowest BCUT2D eigenvalue weighted by Crippen LogP contribution is -2.17. The molecule has 0 atom stereocenters. The first kappa shape index (κ1) is 24.7. The molecule has 0 fully saturated rings. The highest BCUT2D eigenvalue weighted by atomic mass is 19.4. The Labute approximate surface area is 189 Å². The standard InChI is InChI=1S/C23H16F6O5/c24-22(25,26)33-18-5-1-15(2-6-18)13-31-20-9-10-21(17(11-20)12-30)32-14-16-3-7-19(8-4-16)34-23(27,28)29/h1-12H,13-14H2. The fourth-order valence-electron chi connectivity index (χ4n) is 2.74. The van der Waals surface area contributed by atoms with Gasteiger partial charge in [-0.05, 0) is 53.6 Å². The van der Waals surface area contributed by atoms with Crippen LogP contribution in [-0.4, -0.2) is 19.0 Å². The van der Waals surface area contributed by atoms with Crippen LogP contribution in [0.15, 0.2) is 66.7 Å². The van der Waals surface area contributed by atoms with Crippen molar-refractivity contribution in [3.05, 3.63) is 83.4 Å². The van der Waals surface area contributed by atoms with Crippen molar-refractivity contribution in [3.63, 3.8) is 0 Å². The number of ether oxygens (including phenoxy) is 4. The van der Waals surface area contributed by atoms with E-state index in [0.29, 0.717) is 23.2 Å². The van der Waals surface area contributed by atoms with Gasteiger partial charge in [0, 0.05) is 0 Å². The van der Waals surface area contributed by atoms with Gasteiger partial charge in [-0.1, -0.05) is 24.3 Å². The zero-order valence-electron chi connectivity index (χ0n) is 17.2. The van der Waals surface area contributed by atoms with Crippen LogP contribution in [0.1, 0.15) is 21.5 Å². The van der Waals surface area contributed by atoms with Crippen LogP contribution in [0, 0.1) is 0 Å². The van der Waals surface area contributed by atoms with Gasteiger partial charge in [0.15, 0.2) is 6.29 Å². The topological polar surface area (TPSA) is 54.0 Å². The Morgan fingerprint density at radius 3 is 1.50 bits per heavy atom. The normalized spacial score (nSPS) is 11.6. The van der Waals surface area contributed by atoms with E-state index in [1.165, 1.54) is 42.5 Å². The molecule has 3 aromatic carbocycles. The maximum absolute atomic E-state index is 12.2. The van der Waals surface area contributed by atoms with Crippen LogP contribution in [0.5, 0.6) is 23.0 Å². The van der Waals surface area contributed by atoms with Crippen molar-refractivity contribution < 1.29 is 50.1 Å². The molecule has 34 heavy (non-hydrogen) atoms. The summed E-state index contributed by atoms with van der Waals surface area (Å²) in [5.41, 5.74) is 1.29. The van der Waals surface area contributed by atoms with Crippen LogP contribution in [0.25, 0.3) is 0 Å². The first-order valence-electron chi connectivity index (χ1n) is 9.55. The van der Waals surface area contributed by atoms with E-state index in [1.54, 1.807) is 0 Å². The molecule has 0 saturated heterocycles. The highest BCUT2D eigenvalue weighted by Crippen LogP contribution is 2.27. The Bertz CT molecular complexity index is 1090. The van der Waals surface area contributed by atoms with Crippen molar-refractivity contribution in [1.82, 2.24) is 0 Å². The fraction of sp³-hybridized carbons (Fsp3) is 0.174. The lowest BCUT2D eigenvalue weighted by Gasteiger charge is -2.13. The molecule has 0 heterocycles. The Morgan fingerprint density at radius 2 is 1.06 bits per heavy atom. The molecule has 11 heteroatoms. The first-order valence-corrected chi connectivity index (χ1v) is 9.55. The van der Waals surface area contributed by atoms with Crippen molar-refractivity contribution in [2.45, 2.75) is 25.9 Å². The number of hydrogen-bond acceptors (Lipinski definition) is 5. The minimum atomic E-state index is -4.79. The molecule has 0 N–H and O–H groups in total. The van der Waals surface area contributed by atoms with Crippen LogP contribution in [0.2, 0.25) is 0 Å². The second-order valence-corrected chi connectivity index (χ2v) is 6.78. The first-order chi connectivity index (χ1) is 16.0. The summed E-state index contributed by atoms with van der Waals surface area (Å²) < 4.78 is 92.0. The van der Waals surface area contributed by atoms with E-state index >= 15 is 0 Å². The van der Waals surface area contributed by atoms with E-state index in [9.17, 15) is 31.1 Å². The molecular weight excluding hydrogens is 470 g/mol. The monoisotopic (exact) mass is 486 g/mol. The molecule has 0 aliphatic rings. The third kappa shape index (κ3) is 7.91. The summed E-state index contributed by atoms with van der Waals surface area (Å²) in [4.78, 5) is 11.4. The highest BCUT2D eigenvalue weighted by Gasteiger charge is 2.31. The van der Waals surface area contributed by atoms with Crippen LogP contribution < -0.4 is 18.9 Å². The summed E-state index contributed by atoms with van der Waals surface area (Å²) in [5, 5.41) is 0. The zero-order chi connectivity index (χ0) is 24.8. The van der Waals surface area contributed by atoms with Gasteiger partial charge in [0.2, 0.25) is 0 Å². The molecular formula is C23H16F6O5. The van der Waals surface area contributed by atoms with Crippen LogP contribution in [0.4, 0.5) is 26.3 Å². The van der Waals surface area contributed by atoms with Gasteiger partial charge >= 0.3 is 12.7 Å².